The highest BCUT2D eigenvalue weighted by Gasteiger charge is 2.25. The fourth-order valence-corrected chi connectivity index (χ4v) is 3.31. The Morgan fingerprint density at radius 2 is 2.06 bits per heavy atom. The van der Waals surface area contributed by atoms with Crippen molar-refractivity contribution >= 4 is 23.2 Å². The van der Waals surface area contributed by atoms with Crippen molar-refractivity contribution in [3.63, 3.8) is 0 Å². The van der Waals surface area contributed by atoms with Gasteiger partial charge >= 0.3 is 0 Å². The zero-order chi connectivity index (χ0) is 13.0. The lowest BCUT2D eigenvalue weighted by molar-refractivity contribution is 0.394. The molecule has 0 saturated heterocycles. The average molecular weight is 290 g/mol. The van der Waals surface area contributed by atoms with Crippen LogP contribution in [0.3, 0.4) is 0 Å². The molecule has 1 saturated carbocycles. The summed E-state index contributed by atoms with van der Waals surface area (Å²) >= 11 is 11.9. The predicted octanol–water partition coefficient (Wildman–Crippen LogP) is 4.22. The summed E-state index contributed by atoms with van der Waals surface area (Å²) in [5.74, 6) is 1.71. The van der Waals surface area contributed by atoms with Gasteiger partial charge in [-0.25, -0.2) is 4.39 Å². The average Bonchev–Trinajstić information content (AvgIpc) is 2.80. The Balaban J connectivity index is 1.85. The molecule has 1 aromatic carbocycles. The SMILES string of the molecule is Fc1cccc(Cl)c1CNCC1CCCC1CCl. The maximum atomic E-state index is 13.5. The molecule has 4 heteroatoms. The summed E-state index contributed by atoms with van der Waals surface area (Å²) in [6.07, 6.45) is 3.69. The lowest BCUT2D eigenvalue weighted by Gasteiger charge is -2.18. The molecule has 0 amide bonds. The van der Waals surface area contributed by atoms with Crippen molar-refractivity contribution < 1.29 is 4.39 Å². The first-order valence-corrected chi connectivity index (χ1v) is 7.33. The fraction of sp³-hybridized carbons (Fsp3) is 0.571. The number of nitrogens with one attached hydrogen (secondary N) is 1. The minimum Gasteiger partial charge on any atom is -0.312 e. The lowest BCUT2D eigenvalue weighted by atomic mass is 9.98. The van der Waals surface area contributed by atoms with Gasteiger partial charge in [-0.3, -0.25) is 0 Å². The van der Waals surface area contributed by atoms with Crippen molar-refractivity contribution in [3.05, 3.63) is 34.6 Å². The molecule has 2 atom stereocenters. The highest BCUT2D eigenvalue weighted by Crippen LogP contribution is 2.32. The van der Waals surface area contributed by atoms with Crippen molar-refractivity contribution in [1.29, 1.82) is 0 Å². The molecule has 1 N–H and O–H groups in total. The van der Waals surface area contributed by atoms with E-state index >= 15 is 0 Å². The number of benzene rings is 1. The second-order valence-corrected chi connectivity index (χ2v) is 5.65. The molecule has 2 unspecified atom stereocenters. The van der Waals surface area contributed by atoms with E-state index in [9.17, 15) is 4.39 Å². The summed E-state index contributed by atoms with van der Waals surface area (Å²) in [5, 5.41) is 3.80. The largest absolute Gasteiger partial charge is 0.312 e. The molecule has 18 heavy (non-hydrogen) atoms. The van der Waals surface area contributed by atoms with Gasteiger partial charge in [0.1, 0.15) is 5.82 Å². The van der Waals surface area contributed by atoms with Gasteiger partial charge in [-0.2, -0.15) is 0 Å². The highest BCUT2D eigenvalue weighted by molar-refractivity contribution is 6.31. The normalized spacial score (nSPS) is 23.5. The second kappa shape index (κ2) is 6.74. The Kier molecular flexibility index (Phi) is 5.28. The number of halogens is 3. The lowest BCUT2D eigenvalue weighted by Crippen LogP contribution is -2.26. The Morgan fingerprint density at radius 1 is 1.28 bits per heavy atom. The molecule has 1 aliphatic rings. The van der Waals surface area contributed by atoms with Crippen LogP contribution in [0, 0.1) is 17.7 Å². The van der Waals surface area contributed by atoms with Crippen molar-refractivity contribution in [2.24, 2.45) is 11.8 Å². The summed E-state index contributed by atoms with van der Waals surface area (Å²) in [7, 11) is 0. The van der Waals surface area contributed by atoms with Gasteiger partial charge in [0.05, 0.1) is 0 Å². The van der Waals surface area contributed by atoms with Crippen LogP contribution in [-0.2, 0) is 6.54 Å². The molecule has 0 aromatic heterocycles. The van der Waals surface area contributed by atoms with Gasteiger partial charge < -0.3 is 5.32 Å². The zero-order valence-corrected chi connectivity index (χ0v) is 11.8. The number of alkyl halides is 1. The van der Waals surface area contributed by atoms with E-state index in [2.05, 4.69) is 5.32 Å². The Labute approximate surface area is 118 Å². The van der Waals surface area contributed by atoms with E-state index in [0.29, 0.717) is 29.0 Å². The van der Waals surface area contributed by atoms with Crippen molar-refractivity contribution in [2.75, 3.05) is 12.4 Å². The summed E-state index contributed by atoms with van der Waals surface area (Å²) in [6, 6.07) is 4.79. The Hall–Kier alpha value is -0.310. The van der Waals surface area contributed by atoms with Crippen LogP contribution >= 0.6 is 23.2 Å². The highest BCUT2D eigenvalue weighted by atomic mass is 35.5. The Bertz CT molecular complexity index is 377. The quantitative estimate of drug-likeness (QED) is 0.800. The van der Waals surface area contributed by atoms with Gasteiger partial charge in [-0.05, 0) is 43.4 Å². The smallest absolute Gasteiger partial charge is 0.129 e. The third-order valence-corrected chi connectivity index (χ3v) is 4.54. The minimum atomic E-state index is -0.240. The van der Waals surface area contributed by atoms with E-state index in [-0.39, 0.29) is 5.82 Å². The fourth-order valence-electron chi connectivity index (χ4n) is 2.67. The van der Waals surface area contributed by atoms with Crippen molar-refractivity contribution in [1.82, 2.24) is 5.32 Å². The molecule has 1 nitrogen and oxygen atoms in total. The third kappa shape index (κ3) is 3.37. The second-order valence-electron chi connectivity index (χ2n) is 4.94. The van der Waals surface area contributed by atoms with Crippen LogP contribution < -0.4 is 5.32 Å². The van der Waals surface area contributed by atoms with Gasteiger partial charge in [0, 0.05) is 23.0 Å². The molecule has 1 fully saturated rings. The molecule has 1 aromatic rings. The van der Waals surface area contributed by atoms with Gasteiger partial charge in [0.25, 0.3) is 0 Å². The van der Waals surface area contributed by atoms with E-state index in [1.54, 1.807) is 12.1 Å². The first kappa shape index (κ1) is 14.1. The first-order valence-electron chi connectivity index (χ1n) is 6.42. The first-order chi connectivity index (χ1) is 8.72. The molecular weight excluding hydrogens is 272 g/mol. The van der Waals surface area contributed by atoms with E-state index in [0.717, 1.165) is 12.4 Å². The van der Waals surface area contributed by atoms with Crippen LogP contribution in [0.2, 0.25) is 5.02 Å². The van der Waals surface area contributed by atoms with Crippen LogP contribution in [0.15, 0.2) is 18.2 Å². The number of hydrogen-bond donors (Lipinski definition) is 1. The van der Waals surface area contributed by atoms with E-state index in [1.807, 2.05) is 0 Å². The minimum absolute atomic E-state index is 0.240. The Morgan fingerprint density at radius 3 is 2.78 bits per heavy atom. The standard InChI is InChI=1S/C14H18Cl2FN/c15-7-10-3-1-4-11(10)8-18-9-12-13(16)5-2-6-14(12)17/h2,5-6,10-11,18H,1,3-4,7-9H2. The van der Waals surface area contributed by atoms with Crippen LogP contribution in [0.1, 0.15) is 24.8 Å². The van der Waals surface area contributed by atoms with E-state index in [1.165, 1.54) is 25.3 Å². The van der Waals surface area contributed by atoms with Gasteiger partial charge in [-0.15, -0.1) is 11.6 Å². The van der Waals surface area contributed by atoms with Crippen molar-refractivity contribution in [3.8, 4) is 0 Å². The van der Waals surface area contributed by atoms with Crippen molar-refractivity contribution in [2.45, 2.75) is 25.8 Å². The predicted molar refractivity (Wildman–Crippen MR) is 74.7 cm³/mol. The molecule has 1 aliphatic carbocycles. The number of rotatable bonds is 5. The summed E-state index contributed by atoms with van der Waals surface area (Å²) < 4.78 is 13.5. The summed E-state index contributed by atoms with van der Waals surface area (Å²) in [4.78, 5) is 0. The zero-order valence-electron chi connectivity index (χ0n) is 10.3. The third-order valence-electron chi connectivity index (χ3n) is 3.78. The number of hydrogen-bond acceptors (Lipinski definition) is 1. The molecule has 0 radical (unpaired) electrons. The topological polar surface area (TPSA) is 12.0 Å². The van der Waals surface area contributed by atoms with Crippen LogP contribution in [0.4, 0.5) is 4.39 Å². The maximum Gasteiger partial charge on any atom is 0.129 e. The molecule has 100 valence electrons. The molecule has 2 rings (SSSR count). The van der Waals surface area contributed by atoms with Gasteiger partial charge in [0.2, 0.25) is 0 Å². The van der Waals surface area contributed by atoms with E-state index < -0.39 is 0 Å². The monoisotopic (exact) mass is 289 g/mol. The molecular formula is C14H18Cl2FN. The van der Waals surface area contributed by atoms with Crippen LogP contribution in [-0.4, -0.2) is 12.4 Å². The molecule has 0 spiro atoms. The van der Waals surface area contributed by atoms with Gasteiger partial charge in [0.15, 0.2) is 0 Å². The molecule has 0 bridgehead atoms. The maximum absolute atomic E-state index is 13.5. The van der Waals surface area contributed by atoms with E-state index in [4.69, 9.17) is 23.2 Å². The summed E-state index contributed by atoms with van der Waals surface area (Å²) in [5.41, 5.74) is 0.555. The molecule has 0 aliphatic heterocycles. The van der Waals surface area contributed by atoms with Gasteiger partial charge in [-0.1, -0.05) is 24.1 Å². The summed E-state index contributed by atoms with van der Waals surface area (Å²) in [6.45, 7) is 1.37. The molecule has 0 heterocycles. The van der Waals surface area contributed by atoms with Crippen LogP contribution in [0.25, 0.3) is 0 Å². The van der Waals surface area contributed by atoms with Crippen LogP contribution in [0.5, 0.6) is 0 Å².